The number of anilines is 2. The lowest BCUT2D eigenvalue weighted by molar-refractivity contribution is 0.0697. The van der Waals surface area contributed by atoms with Gasteiger partial charge in [0.1, 0.15) is 5.52 Å². The molecule has 7 nitrogen and oxygen atoms in total. The van der Waals surface area contributed by atoms with Crippen molar-refractivity contribution in [2.75, 3.05) is 5.32 Å². The summed E-state index contributed by atoms with van der Waals surface area (Å²) in [5.41, 5.74) is 1.94. The van der Waals surface area contributed by atoms with Crippen molar-refractivity contribution in [3.05, 3.63) is 36.2 Å². The molecule has 0 spiro atoms. The van der Waals surface area contributed by atoms with E-state index in [1.807, 2.05) is 24.7 Å². The second-order valence-corrected chi connectivity index (χ2v) is 4.93. The second kappa shape index (κ2) is 4.93. The van der Waals surface area contributed by atoms with Gasteiger partial charge < -0.3 is 14.8 Å². The number of nitrogens with one attached hydrogen (secondary N) is 1. The van der Waals surface area contributed by atoms with Gasteiger partial charge in [0.05, 0.1) is 17.4 Å². The summed E-state index contributed by atoms with van der Waals surface area (Å²) in [4.78, 5) is 15.2. The summed E-state index contributed by atoms with van der Waals surface area (Å²) in [6.07, 6.45) is 3.53. The highest BCUT2D eigenvalue weighted by Crippen LogP contribution is 2.23. The lowest BCUT2D eigenvalue weighted by Crippen LogP contribution is -1.99. The summed E-state index contributed by atoms with van der Waals surface area (Å²) in [5, 5.41) is 16.2. The number of benzene rings is 1. The second-order valence-electron chi connectivity index (χ2n) is 4.93. The standard InChI is InChI=1S/C14H14N4O3/c1-8(2)18-7-10(6-15-18)16-14-17-11-4-3-9(13(19)20)5-12(11)21-14/h3-8H,1-2H3,(H,16,17)(H,19,20). The number of carboxylic acid groups (broad SMARTS) is 1. The lowest BCUT2D eigenvalue weighted by atomic mass is 10.2. The summed E-state index contributed by atoms with van der Waals surface area (Å²) in [6.45, 7) is 4.06. The SMILES string of the molecule is CC(C)n1cc(Nc2nc3ccc(C(=O)O)cc3o2)cn1. The molecule has 0 unspecified atom stereocenters. The van der Waals surface area contributed by atoms with E-state index in [4.69, 9.17) is 9.52 Å². The summed E-state index contributed by atoms with van der Waals surface area (Å²) in [7, 11) is 0. The first-order valence-corrected chi connectivity index (χ1v) is 6.48. The minimum Gasteiger partial charge on any atom is -0.478 e. The summed E-state index contributed by atoms with van der Waals surface area (Å²) in [6, 6.07) is 5.13. The first kappa shape index (κ1) is 13.2. The number of aromatic nitrogens is 3. The predicted octanol–water partition coefficient (Wildman–Crippen LogP) is 3.05. The van der Waals surface area contributed by atoms with E-state index >= 15 is 0 Å². The number of carboxylic acids is 1. The fourth-order valence-electron chi connectivity index (χ4n) is 1.92. The van der Waals surface area contributed by atoms with Crippen LogP contribution in [-0.4, -0.2) is 25.8 Å². The molecule has 0 aliphatic heterocycles. The van der Waals surface area contributed by atoms with E-state index in [9.17, 15) is 4.79 Å². The van der Waals surface area contributed by atoms with E-state index in [1.54, 1.807) is 12.3 Å². The minimum atomic E-state index is -0.999. The van der Waals surface area contributed by atoms with Gasteiger partial charge in [0.2, 0.25) is 0 Å². The van der Waals surface area contributed by atoms with Crippen LogP contribution in [0.2, 0.25) is 0 Å². The van der Waals surface area contributed by atoms with Crippen molar-refractivity contribution in [3.63, 3.8) is 0 Å². The van der Waals surface area contributed by atoms with E-state index in [2.05, 4.69) is 15.4 Å². The molecule has 1 aromatic carbocycles. The average molecular weight is 286 g/mol. The summed E-state index contributed by atoms with van der Waals surface area (Å²) >= 11 is 0. The number of hydrogen-bond acceptors (Lipinski definition) is 5. The molecule has 0 fully saturated rings. The third-order valence-electron chi connectivity index (χ3n) is 3.02. The van der Waals surface area contributed by atoms with Crippen LogP contribution in [0.1, 0.15) is 30.2 Å². The highest BCUT2D eigenvalue weighted by molar-refractivity contribution is 5.92. The molecule has 2 heterocycles. The van der Waals surface area contributed by atoms with Crippen LogP contribution >= 0.6 is 0 Å². The van der Waals surface area contributed by atoms with Gasteiger partial charge in [-0.1, -0.05) is 0 Å². The largest absolute Gasteiger partial charge is 0.478 e. The zero-order valence-corrected chi connectivity index (χ0v) is 11.6. The fourth-order valence-corrected chi connectivity index (χ4v) is 1.92. The smallest absolute Gasteiger partial charge is 0.335 e. The van der Waals surface area contributed by atoms with Crippen LogP contribution in [0.25, 0.3) is 11.1 Å². The topological polar surface area (TPSA) is 93.2 Å². The molecule has 0 aliphatic rings. The minimum absolute atomic E-state index is 0.165. The molecule has 0 bridgehead atoms. The molecular weight excluding hydrogens is 272 g/mol. The molecule has 21 heavy (non-hydrogen) atoms. The molecule has 0 atom stereocenters. The Labute approximate surface area is 120 Å². The first-order valence-electron chi connectivity index (χ1n) is 6.48. The summed E-state index contributed by atoms with van der Waals surface area (Å²) < 4.78 is 7.32. The molecule has 108 valence electrons. The molecule has 3 rings (SSSR count). The van der Waals surface area contributed by atoms with Crippen LogP contribution in [0.4, 0.5) is 11.7 Å². The Morgan fingerprint density at radius 3 is 2.90 bits per heavy atom. The molecule has 0 amide bonds. The van der Waals surface area contributed by atoms with E-state index in [0.717, 1.165) is 5.69 Å². The maximum Gasteiger partial charge on any atom is 0.335 e. The molecule has 3 aromatic rings. The van der Waals surface area contributed by atoms with Crippen molar-refractivity contribution >= 4 is 28.8 Å². The highest BCUT2D eigenvalue weighted by atomic mass is 16.4. The number of fused-ring (bicyclic) bond motifs is 1. The molecule has 0 saturated heterocycles. The normalized spacial score (nSPS) is 11.2. The van der Waals surface area contributed by atoms with Crippen LogP contribution in [0.15, 0.2) is 35.0 Å². The van der Waals surface area contributed by atoms with Gasteiger partial charge in [-0.2, -0.15) is 10.1 Å². The van der Waals surface area contributed by atoms with Gasteiger partial charge in [0, 0.05) is 12.2 Å². The Morgan fingerprint density at radius 1 is 1.43 bits per heavy atom. The molecule has 2 aromatic heterocycles. The predicted molar refractivity (Wildman–Crippen MR) is 76.9 cm³/mol. The van der Waals surface area contributed by atoms with Gasteiger partial charge in [-0.3, -0.25) is 4.68 Å². The van der Waals surface area contributed by atoms with Crippen molar-refractivity contribution in [1.82, 2.24) is 14.8 Å². The Hall–Kier alpha value is -2.83. The average Bonchev–Trinajstić information content (AvgIpc) is 3.03. The number of rotatable bonds is 4. The quantitative estimate of drug-likeness (QED) is 0.765. The monoisotopic (exact) mass is 286 g/mol. The molecule has 0 radical (unpaired) electrons. The van der Waals surface area contributed by atoms with Crippen molar-refractivity contribution < 1.29 is 14.3 Å². The Bertz CT molecular complexity index is 804. The third kappa shape index (κ3) is 2.58. The number of hydrogen-bond donors (Lipinski definition) is 2. The Balaban J connectivity index is 1.88. The van der Waals surface area contributed by atoms with E-state index in [0.29, 0.717) is 17.1 Å². The van der Waals surface area contributed by atoms with Crippen molar-refractivity contribution in [2.45, 2.75) is 19.9 Å². The Kier molecular flexibility index (Phi) is 3.09. The molecule has 0 aliphatic carbocycles. The van der Waals surface area contributed by atoms with Gasteiger partial charge in [-0.05, 0) is 32.0 Å². The van der Waals surface area contributed by atoms with Gasteiger partial charge in [0.25, 0.3) is 6.01 Å². The maximum absolute atomic E-state index is 10.9. The van der Waals surface area contributed by atoms with E-state index in [-0.39, 0.29) is 11.6 Å². The third-order valence-corrected chi connectivity index (χ3v) is 3.02. The number of oxazole rings is 1. The van der Waals surface area contributed by atoms with Crippen LogP contribution in [0.3, 0.4) is 0 Å². The van der Waals surface area contributed by atoms with Crippen LogP contribution in [0.5, 0.6) is 0 Å². The molecule has 0 saturated carbocycles. The van der Waals surface area contributed by atoms with Crippen molar-refractivity contribution in [2.24, 2.45) is 0 Å². The number of nitrogens with zero attached hydrogens (tertiary/aromatic N) is 3. The zero-order chi connectivity index (χ0) is 15.0. The summed E-state index contributed by atoms with van der Waals surface area (Å²) in [5.74, 6) is -0.999. The van der Waals surface area contributed by atoms with Gasteiger partial charge in [-0.15, -0.1) is 0 Å². The van der Waals surface area contributed by atoms with Crippen LogP contribution < -0.4 is 5.32 Å². The van der Waals surface area contributed by atoms with Crippen molar-refractivity contribution in [3.8, 4) is 0 Å². The molecule has 7 heteroatoms. The first-order chi connectivity index (χ1) is 10.0. The number of carbonyl (C=O) groups is 1. The zero-order valence-electron chi connectivity index (χ0n) is 11.6. The molecular formula is C14H14N4O3. The van der Waals surface area contributed by atoms with E-state index < -0.39 is 5.97 Å². The Morgan fingerprint density at radius 2 is 2.24 bits per heavy atom. The maximum atomic E-state index is 10.9. The van der Waals surface area contributed by atoms with Crippen LogP contribution in [0, 0.1) is 0 Å². The van der Waals surface area contributed by atoms with Crippen molar-refractivity contribution in [1.29, 1.82) is 0 Å². The number of aromatic carboxylic acids is 1. The van der Waals surface area contributed by atoms with Gasteiger partial charge in [0.15, 0.2) is 5.58 Å². The van der Waals surface area contributed by atoms with Gasteiger partial charge >= 0.3 is 5.97 Å². The van der Waals surface area contributed by atoms with Crippen LogP contribution in [-0.2, 0) is 0 Å². The highest BCUT2D eigenvalue weighted by Gasteiger charge is 2.10. The molecule has 2 N–H and O–H groups in total. The lowest BCUT2D eigenvalue weighted by Gasteiger charge is -2.02. The van der Waals surface area contributed by atoms with Gasteiger partial charge in [-0.25, -0.2) is 4.79 Å². The van der Waals surface area contributed by atoms with E-state index in [1.165, 1.54) is 12.1 Å². The fraction of sp³-hybridized carbons (Fsp3) is 0.214.